The minimum Gasteiger partial charge on any atom is -0.0610 e. The van der Waals surface area contributed by atoms with E-state index in [0.29, 0.717) is 0 Å². The summed E-state index contributed by atoms with van der Waals surface area (Å²) in [4.78, 5) is 0. The van der Waals surface area contributed by atoms with Crippen LogP contribution in [0.1, 0.15) is 0 Å². The maximum absolute atomic E-state index is 2.38. The van der Waals surface area contributed by atoms with E-state index in [-0.39, 0.29) is 0 Å². The highest BCUT2D eigenvalue weighted by atomic mass is 14.2. The summed E-state index contributed by atoms with van der Waals surface area (Å²) in [5.74, 6) is 0. The Kier molecular flexibility index (Phi) is 5.76. The van der Waals surface area contributed by atoms with Crippen LogP contribution in [0.5, 0.6) is 0 Å². The number of hydrogen-bond acceptors (Lipinski definition) is 0. The molecule has 11 rings (SSSR count). The number of rotatable bonds is 4. The van der Waals surface area contributed by atoms with Crippen LogP contribution in [0.4, 0.5) is 0 Å². The Morgan fingerprint density at radius 1 is 0.200 bits per heavy atom. The van der Waals surface area contributed by atoms with E-state index in [1.165, 1.54) is 110 Å². The number of fused-ring (bicyclic) bond motifs is 3. The molecule has 0 bridgehead atoms. The molecule has 0 aliphatic heterocycles. The molecule has 0 heteroatoms. The van der Waals surface area contributed by atoms with Gasteiger partial charge in [0.25, 0.3) is 0 Å². The fourth-order valence-corrected chi connectivity index (χ4v) is 8.56. The van der Waals surface area contributed by atoms with Crippen LogP contribution in [0, 0.1) is 0 Å². The van der Waals surface area contributed by atoms with Crippen molar-refractivity contribution >= 4 is 43.1 Å². The average molecular weight is 631 g/mol. The van der Waals surface area contributed by atoms with E-state index in [9.17, 15) is 0 Å². The molecule has 10 aromatic rings. The average Bonchev–Trinajstić information content (AvgIpc) is 3.51. The summed E-state index contributed by atoms with van der Waals surface area (Å²) in [5, 5.41) is 10.6. The zero-order chi connectivity index (χ0) is 32.8. The first-order valence-electron chi connectivity index (χ1n) is 17.4. The summed E-state index contributed by atoms with van der Waals surface area (Å²) in [7, 11) is 0. The number of benzene rings is 10. The lowest BCUT2D eigenvalue weighted by molar-refractivity contribution is 1.57. The molecule has 1 aliphatic carbocycles. The molecule has 0 fully saturated rings. The fraction of sp³-hybridized carbons (Fsp3) is 0. The second-order valence-electron chi connectivity index (χ2n) is 13.7. The second-order valence-corrected chi connectivity index (χ2v) is 13.7. The first-order chi connectivity index (χ1) is 24.8. The molecular weight excluding hydrogens is 601 g/mol. The van der Waals surface area contributed by atoms with Crippen molar-refractivity contribution in [1.29, 1.82) is 0 Å². The Hall–Kier alpha value is -6.50. The Morgan fingerprint density at radius 2 is 0.640 bits per heavy atom. The molecule has 0 heterocycles. The van der Waals surface area contributed by atoms with E-state index in [4.69, 9.17) is 0 Å². The van der Waals surface area contributed by atoms with Crippen molar-refractivity contribution in [2.75, 3.05) is 0 Å². The summed E-state index contributed by atoms with van der Waals surface area (Å²) >= 11 is 0. The van der Waals surface area contributed by atoms with E-state index in [2.05, 4.69) is 182 Å². The third-order valence-electron chi connectivity index (χ3n) is 11.0. The highest BCUT2D eigenvalue weighted by molar-refractivity contribution is 6.25. The van der Waals surface area contributed by atoms with Gasteiger partial charge >= 0.3 is 0 Å². The molecule has 230 valence electrons. The first-order valence-corrected chi connectivity index (χ1v) is 17.4. The highest BCUT2D eigenvalue weighted by Crippen LogP contribution is 2.48. The topological polar surface area (TPSA) is 0 Å². The van der Waals surface area contributed by atoms with Gasteiger partial charge < -0.3 is 0 Å². The van der Waals surface area contributed by atoms with Crippen LogP contribution in [-0.2, 0) is 0 Å². The van der Waals surface area contributed by atoms with Crippen molar-refractivity contribution in [3.05, 3.63) is 182 Å². The Labute approximate surface area is 290 Å². The molecule has 0 saturated heterocycles. The summed E-state index contributed by atoms with van der Waals surface area (Å²) in [6.07, 6.45) is 0. The van der Waals surface area contributed by atoms with Crippen LogP contribution >= 0.6 is 0 Å². The van der Waals surface area contributed by atoms with Gasteiger partial charge in [-0.15, -0.1) is 0 Å². The van der Waals surface area contributed by atoms with Gasteiger partial charge in [0.2, 0.25) is 0 Å². The molecule has 0 saturated carbocycles. The number of hydrogen-bond donors (Lipinski definition) is 0. The molecule has 0 spiro atoms. The summed E-state index contributed by atoms with van der Waals surface area (Å²) in [6.45, 7) is 0. The van der Waals surface area contributed by atoms with Crippen LogP contribution < -0.4 is 0 Å². The van der Waals surface area contributed by atoms with Crippen molar-refractivity contribution in [2.45, 2.75) is 0 Å². The molecule has 10 aromatic carbocycles. The first kappa shape index (κ1) is 27.5. The SMILES string of the molecule is c1cc(-c2ccc(-c3cccc(-c4ccc5ccc6cccc7ccc4c5c67)c3)cc2)cc(-c2ccc3c(c2)-c2cccc4cccc-3c24)c1. The van der Waals surface area contributed by atoms with Gasteiger partial charge in [-0.25, -0.2) is 0 Å². The third-order valence-corrected chi connectivity index (χ3v) is 11.0. The molecule has 0 amide bonds. The monoisotopic (exact) mass is 630 g/mol. The Morgan fingerprint density at radius 3 is 1.34 bits per heavy atom. The highest BCUT2D eigenvalue weighted by Gasteiger charge is 2.21. The third kappa shape index (κ3) is 4.06. The standard InChI is InChI=1S/C50H30/c1-6-34-20-21-36-22-25-42(46-27-23-35(7-1)48(34)50(36)46)41-13-3-11-38(29-41)32-18-16-31(17-19-32)37-10-2-12-39(28-37)40-24-26-43-44-14-4-8-33-9-5-15-45(49(33)44)47(43)30-40/h1-30H. The minimum atomic E-state index is 1.22. The minimum absolute atomic E-state index is 1.22. The maximum Gasteiger partial charge on any atom is -0.00206 e. The van der Waals surface area contributed by atoms with E-state index >= 15 is 0 Å². The second kappa shape index (κ2) is 10.5. The fourth-order valence-electron chi connectivity index (χ4n) is 8.56. The van der Waals surface area contributed by atoms with Crippen LogP contribution in [0.3, 0.4) is 0 Å². The van der Waals surface area contributed by atoms with E-state index in [0.717, 1.165) is 0 Å². The zero-order valence-corrected chi connectivity index (χ0v) is 27.3. The van der Waals surface area contributed by atoms with Gasteiger partial charge in [0.15, 0.2) is 0 Å². The molecule has 0 nitrogen and oxygen atoms in total. The van der Waals surface area contributed by atoms with Crippen LogP contribution in [0.25, 0.3) is 110 Å². The molecule has 0 aromatic heterocycles. The van der Waals surface area contributed by atoms with E-state index in [1.54, 1.807) is 0 Å². The summed E-state index contributed by atoms with van der Waals surface area (Å²) < 4.78 is 0. The van der Waals surface area contributed by atoms with Gasteiger partial charge in [-0.3, -0.25) is 0 Å². The molecule has 50 heavy (non-hydrogen) atoms. The van der Waals surface area contributed by atoms with Crippen LogP contribution in [0.15, 0.2) is 182 Å². The lowest BCUT2D eigenvalue weighted by Gasteiger charge is -2.15. The van der Waals surface area contributed by atoms with Crippen molar-refractivity contribution in [2.24, 2.45) is 0 Å². The molecule has 1 aliphatic rings. The molecule has 0 radical (unpaired) electrons. The predicted octanol–water partition coefficient (Wildman–Crippen LogP) is 14.1. The normalized spacial score (nSPS) is 12.0. The Bertz CT molecular complexity index is 2940. The summed E-state index contributed by atoms with van der Waals surface area (Å²) in [5.41, 5.74) is 15.2. The van der Waals surface area contributed by atoms with Crippen molar-refractivity contribution in [1.82, 2.24) is 0 Å². The lowest BCUT2D eigenvalue weighted by Crippen LogP contribution is -1.88. The zero-order valence-electron chi connectivity index (χ0n) is 27.3. The van der Waals surface area contributed by atoms with Crippen LogP contribution in [-0.4, -0.2) is 0 Å². The van der Waals surface area contributed by atoms with Crippen molar-refractivity contribution in [3.63, 3.8) is 0 Å². The van der Waals surface area contributed by atoms with Gasteiger partial charge in [0.05, 0.1) is 0 Å². The molecular formula is C50H30. The molecule has 0 atom stereocenters. The lowest BCUT2D eigenvalue weighted by atomic mass is 9.89. The Balaban J connectivity index is 0.926. The van der Waals surface area contributed by atoms with Crippen LogP contribution in [0.2, 0.25) is 0 Å². The predicted molar refractivity (Wildman–Crippen MR) is 214 cm³/mol. The van der Waals surface area contributed by atoms with Crippen molar-refractivity contribution < 1.29 is 0 Å². The quantitative estimate of drug-likeness (QED) is 0.170. The van der Waals surface area contributed by atoms with Gasteiger partial charge in [0, 0.05) is 0 Å². The smallest absolute Gasteiger partial charge is 0.00206 e. The van der Waals surface area contributed by atoms with Crippen molar-refractivity contribution in [3.8, 4) is 66.8 Å². The van der Waals surface area contributed by atoms with E-state index in [1.807, 2.05) is 0 Å². The van der Waals surface area contributed by atoms with Gasteiger partial charge in [-0.2, -0.15) is 0 Å². The molecule has 0 N–H and O–H groups in total. The van der Waals surface area contributed by atoms with Gasteiger partial charge in [-0.05, 0) is 128 Å². The van der Waals surface area contributed by atoms with Gasteiger partial charge in [0.1, 0.15) is 0 Å². The van der Waals surface area contributed by atoms with E-state index < -0.39 is 0 Å². The largest absolute Gasteiger partial charge is 0.0610 e. The summed E-state index contributed by atoms with van der Waals surface area (Å²) in [6, 6.07) is 67.5. The maximum atomic E-state index is 2.38. The van der Waals surface area contributed by atoms with Gasteiger partial charge in [-0.1, -0.05) is 164 Å². The molecule has 0 unspecified atom stereocenters.